The van der Waals surface area contributed by atoms with E-state index in [4.69, 9.17) is 4.74 Å². The average Bonchev–Trinajstić information content (AvgIpc) is 2.94. The maximum Gasteiger partial charge on any atom is 0.224 e. The van der Waals surface area contributed by atoms with Crippen LogP contribution < -0.4 is 0 Å². The summed E-state index contributed by atoms with van der Waals surface area (Å²) in [6.07, 6.45) is 5.49. The molecule has 0 atom stereocenters. The van der Waals surface area contributed by atoms with Crippen molar-refractivity contribution in [3.63, 3.8) is 0 Å². The number of hydrogen-bond acceptors (Lipinski definition) is 4. The molecule has 1 aromatic rings. The van der Waals surface area contributed by atoms with Gasteiger partial charge in [-0.05, 0) is 12.8 Å². The van der Waals surface area contributed by atoms with Crippen molar-refractivity contribution < 1.29 is 9.53 Å². The lowest BCUT2D eigenvalue weighted by Crippen LogP contribution is -2.42. The van der Waals surface area contributed by atoms with Crippen LogP contribution in [0.2, 0.25) is 0 Å². The summed E-state index contributed by atoms with van der Waals surface area (Å²) in [6.45, 7) is 6.02. The molecule has 0 aliphatic carbocycles. The number of carbonyl (C=O) groups excluding carboxylic acids is 1. The van der Waals surface area contributed by atoms with Gasteiger partial charge in [0.2, 0.25) is 5.91 Å². The molecule has 0 N–H and O–H groups in total. The summed E-state index contributed by atoms with van der Waals surface area (Å²) in [4.78, 5) is 18.1. The first-order valence-corrected chi connectivity index (χ1v) is 6.83. The zero-order valence-electron chi connectivity index (χ0n) is 12.1. The van der Waals surface area contributed by atoms with Crippen LogP contribution in [0.1, 0.15) is 33.1 Å². The van der Waals surface area contributed by atoms with E-state index in [0.717, 1.165) is 12.8 Å². The van der Waals surface area contributed by atoms with Crippen molar-refractivity contribution in [1.82, 2.24) is 19.7 Å². The van der Waals surface area contributed by atoms with Gasteiger partial charge in [-0.3, -0.25) is 9.48 Å². The first kappa shape index (κ1) is 15.6. The Morgan fingerprint density at radius 3 is 2.68 bits per heavy atom. The normalized spacial score (nSPS) is 10.9. The molecular formula is C13H24N4O2. The molecule has 0 aromatic carbocycles. The number of carbonyl (C=O) groups is 1. The average molecular weight is 268 g/mol. The summed E-state index contributed by atoms with van der Waals surface area (Å²) in [5, 5.41) is 4.00. The van der Waals surface area contributed by atoms with Crippen LogP contribution in [0.4, 0.5) is 0 Å². The molecule has 0 saturated carbocycles. The minimum absolute atomic E-state index is 0.154. The third kappa shape index (κ3) is 4.98. The summed E-state index contributed by atoms with van der Waals surface area (Å²) in [5.41, 5.74) is 0. The standard InChI is InChI=1S/C13H24N4O2/c1-4-12(5-2)17(8-9-19-3)13(18)6-7-16-11-14-10-15-16/h10-12H,4-9H2,1-3H3. The zero-order valence-corrected chi connectivity index (χ0v) is 12.1. The van der Waals surface area contributed by atoms with E-state index in [1.165, 1.54) is 6.33 Å². The number of aryl methyl sites for hydroxylation is 1. The maximum atomic E-state index is 12.3. The van der Waals surface area contributed by atoms with Gasteiger partial charge in [0.1, 0.15) is 12.7 Å². The Morgan fingerprint density at radius 2 is 2.16 bits per heavy atom. The number of ether oxygens (including phenoxy) is 1. The third-order valence-corrected chi connectivity index (χ3v) is 3.26. The molecule has 0 fully saturated rings. The van der Waals surface area contributed by atoms with E-state index >= 15 is 0 Å². The second kappa shape index (κ2) is 8.63. The van der Waals surface area contributed by atoms with Crippen LogP contribution >= 0.6 is 0 Å². The van der Waals surface area contributed by atoms with Crippen LogP contribution in [0.15, 0.2) is 12.7 Å². The first-order chi connectivity index (χ1) is 9.22. The molecule has 1 amide bonds. The number of methoxy groups -OCH3 is 1. The largest absolute Gasteiger partial charge is 0.383 e. The van der Waals surface area contributed by atoms with Crippen LogP contribution in [-0.4, -0.2) is 51.9 Å². The monoisotopic (exact) mass is 268 g/mol. The molecule has 0 saturated heterocycles. The fourth-order valence-corrected chi connectivity index (χ4v) is 2.13. The molecule has 0 aliphatic rings. The van der Waals surface area contributed by atoms with Gasteiger partial charge in [-0.1, -0.05) is 13.8 Å². The second-order valence-electron chi connectivity index (χ2n) is 4.46. The quantitative estimate of drug-likeness (QED) is 0.678. The highest BCUT2D eigenvalue weighted by Gasteiger charge is 2.20. The Balaban J connectivity index is 2.54. The van der Waals surface area contributed by atoms with Gasteiger partial charge in [0.15, 0.2) is 0 Å². The van der Waals surface area contributed by atoms with Gasteiger partial charge in [0.25, 0.3) is 0 Å². The van der Waals surface area contributed by atoms with Crippen molar-refractivity contribution in [2.75, 3.05) is 20.3 Å². The summed E-state index contributed by atoms with van der Waals surface area (Å²) < 4.78 is 6.77. The van der Waals surface area contributed by atoms with Gasteiger partial charge in [0.05, 0.1) is 13.2 Å². The lowest BCUT2D eigenvalue weighted by Gasteiger charge is -2.30. The van der Waals surface area contributed by atoms with Crippen LogP contribution in [-0.2, 0) is 16.1 Å². The molecule has 1 aromatic heterocycles. The minimum Gasteiger partial charge on any atom is -0.383 e. The van der Waals surface area contributed by atoms with E-state index in [-0.39, 0.29) is 5.91 Å². The van der Waals surface area contributed by atoms with E-state index in [1.54, 1.807) is 18.1 Å². The van der Waals surface area contributed by atoms with Gasteiger partial charge in [-0.2, -0.15) is 5.10 Å². The molecule has 6 nitrogen and oxygen atoms in total. The lowest BCUT2D eigenvalue weighted by atomic mass is 10.1. The summed E-state index contributed by atoms with van der Waals surface area (Å²) >= 11 is 0. The van der Waals surface area contributed by atoms with Gasteiger partial charge in [-0.25, -0.2) is 4.98 Å². The number of hydrogen-bond donors (Lipinski definition) is 0. The van der Waals surface area contributed by atoms with E-state index in [2.05, 4.69) is 23.9 Å². The van der Waals surface area contributed by atoms with E-state index < -0.39 is 0 Å². The topological polar surface area (TPSA) is 60.2 Å². The fourth-order valence-electron chi connectivity index (χ4n) is 2.13. The minimum atomic E-state index is 0.154. The molecule has 0 aliphatic heterocycles. The number of nitrogens with zero attached hydrogens (tertiary/aromatic N) is 4. The molecule has 0 bridgehead atoms. The van der Waals surface area contributed by atoms with Gasteiger partial charge in [0, 0.05) is 26.1 Å². The number of amides is 1. The van der Waals surface area contributed by atoms with Crippen LogP contribution in [0, 0.1) is 0 Å². The van der Waals surface area contributed by atoms with Crippen molar-refractivity contribution in [3.05, 3.63) is 12.7 Å². The van der Waals surface area contributed by atoms with Crippen molar-refractivity contribution in [2.45, 2.75) is 45.7 Å². The maximum absolute atomic E-state index is 12.3. The zero-order chi connectivity index (χ0) is 14.1. The molecule has 1 rings (SSSR count). The van der Waals surface area contributed by atoms with Crippen molar-refractivity contribution in [2.24, 2.45) is 0 Å². The van der Waals surface area contributed by atoms with Crippen LogP contribution in [0.25, 0.3) is 0 Å². The molecule has 6 heteroatoms. The highest BCUT2D eigenvalue weighted by Crippen LogP contribution is 2.10. The van der Waals surface area contributed by atoms with Gasteiger partial charge in [-0.15, -0.1) is 0 Å². The van der Waals surface area contributed by atoms with Crippen molar-refractivity contribution in [3.8, 4) is 0 Å². The predicted octanol–water partition coefficient (Wildman–Crippen LogP) is 1.33. The SMILES string of the molecule is CCC(CC)N(CCOC)C(=O)CCn1cncn1. The Bertz CT molecular complexity index is 350. The number of rotatable bonds is 9. The Hall–Kier alpha value is -1.43. The summed E-state index contributed by atoms with van der Waals surface area (Å²) in [7, 11) is 1.66. The molecular weight excluding hydrogens is 244 g/mol. The molecule has 0 radical (unpaired) electrons. The third-order valence-electron chi connectivity index (χ3n) is 3.26. The Morgan fingerprint density at radius 1 is 1.42 bits per heavy atom. The van der Waals surface area contributed by atoms with E-state index in [9.17, 15) is 4.79 Å². The summed E-state index contributed by atoms with van der Waals surface area (Å²) in [6, 6.07) is 0.290. The lowest BCUT2D eigenvalue weighted by molar-refractivity contribution is -0.134. The van der Waals surface area contributed by atoms with Gasteiger partial charge >= 0.3 is 0 Å². The predicted molar refractivity (Wildman–Crippen MR) is 72.6 cm³/mol. The highest BCUT2D eigenvalue weighted by atomic mass is 16.5. The summed E-state index contributed by atoms with van der Waals surface area (Å²) in [5.74, 6) is 0.154. The van der Waals surface area contributed by atoms with Crippen molar-refractivity contribution in [1.29, 1.82) is 0 Å². The molecule has 0 unspecified atom stereocenters. The molecule has 19 heavy (non-hydrogen) atoms. The van der Waals surface area contributed by atoms with Crippen molar-refractivity contribution >= 4 is 5.91 Å². The molecule has 0 spiro atoms. The van der Waals surface area contributed by atoms with Crippen LogP contribution in [0.3, 0.4) is 0 Å². The van der Waals surface area contributed by atoms with E-state index in [1.807, 2.05) is 4.90 Å². The Labute approximate surface area is 114 Å². The molecule has 108 valence electrons. The number of aromatic nitrogens is 3. The highest BCUT2D eigenvalue weighted by molar-refractivity contribution is 5.76. The van der Waals surface area contributed by atoms with Crippen LogP contribution in [0.5, 0.6) is 0 Å². The molecule has 1 heterocycles. The van der Waals surface area contributed by atoms with Gasteiger partial charge < -0.3 is 9.64 Å². The second-order valence-corrected chi connectivity index (χ2v) is 4.46. The fraction of sp³-hybridized carbons (Fsp3) is 0.769. The Kier molecular flexibility index (Phi) is 7.10. The van der Waals surface area contributed by atoms with E-state index in [0.29, 0.717) is 32.2 Å². The smallest absolute Gasteiger partial charge is 0.224 e. The first-order valence-electron chi connectivity index (χ1n) is 6.83.